The number of para-hydroxylation sites is 1. The Labute approximate surface area is 304 Å². The molecule has 0 bridgehead atoms. The maximum Gasteiger partial charge on any atom is 4.00 e. The molecule has 5 aromatic carbocycles. The minimum atomic E-state index is 0. The van der Waals surface area contributed by atoms with Crippen LogP contribution < -0.4 is 5.32 Å². The van der Waals surface area contributed by atoms with Gasteiger partial charge in [-0.3, -0.25) is 0 Å². The molecule has 0 amide bonds. The van der Waals surface area contributed by atoms with Gasteiger partial charge < -0.3 is 15.7 Å². The first-order valence-electron chi connectivity index (χ1n) is 16.3. The van der Waals surface area contributed by atoms with Crippen molar-refractivity contribution in [1.29, 1.82) is 0 Å². The SMILES string of the molecule is Cc1cc(CCNCC[N-]c2c(C(C)C)cccc2C(C)C)c(O)c(-c2ccccc2)c1.[CH2-]c1ccccc1.[CH2-]c1ccccc1.[Zr+4]. The molecule has 0 radical (unpaired) electrons. The van der Waals surface area contributed by atoms with Crippen LogP contribution in [-0.2, 0) is 32.6 Å². The number of rotatable bonds is 10. The molecule has 0 aromatic heterocycles. The molecule has 0 spiro atoms. The van der Waals surface area contributed by atoms with Gasteiger partial charge in [-0.2, -0.15) is 49.2 Å². The van der Waals surface area contributed by atoms with Crippen molar-refractivity contribution < 1.29 is 31.3 Å². The fourth-order valence-corrected chi connectivity index (χ4v) is 5.13. The second-order valence-electron chi connectivity index (χ2n) is 12.1. The van der Waals surface area contributed by atoms with Crippen molar-refractivity contribution in [2.45, 2.75) is 52.9 Å². The first-order valence-corrected chi connectivity index (χ1v) is 16.3. The molecule has 5 rings (SSSR count). The number of phenols is 1. The number of phenolic OH excluding ortho intramolecular Hbond substituents is 1. The largest absolute Gasteiger partial charge is 4.00 e. The molecule has 0 atom stereocenters. The number of hydrogen-bond donors (Lipinski definition) is 2. The minimum absolute atomic E-state index is 0. The molecule has 0 fully saturated rings. The van der Waals surface area contributed by atoms with E-state index >= 15 is 0 Å². The molecular weight excluding hydrogens is 652 g/mol. The molecule has 0 heterocycles. The van der Waals surface area contributed by atoms with E-state index in [9.17, 15) is 5.11 Å². The van der Waals surface area contributed by atoms with Crippen LogP contribution in [0, 0.1) is 20.8 Å². The van der Waals surface area contributed by atoms with Gasteiger partial charge in [0.05, 0.1) is 0 Å². The summed E-state index contributed by atoms with van der Waals surface area (Å²) < 4.78 is 0. The van der Waals surface area contributed by atoms with Crippen LogP contribution in [0.4, 0.5) is 5.69 Å². The van der Waals surface area contributed by atoms with Gasteiger partial charge in [0, 0.05) is 5.56 Å². The van der Waals surface area contributed by atoms with E-state index in [0.29, 0.717) is 17.6 Å². The Kier molecular flexibility index (Phi) is 17.8. The monoisotopic (exact) mass is 701 g/mol. The normalized spacial score (nSPS) is 10.3. The Morgan fingerprint density at radius 1 is 0.660 bits per heavy atom. The second-order valence-corrected chi connectivity index (χ2v) is 12.1. The van der Waals surface area contributed by atoms with Crippen LogP contribution in [0.5, 0.6) is 5.75 Å². The van der Waals surface area contributed by atoms with Crippen LogP contribution in [0.15, 0.2) is 121 Å². The van der Waals surface area contributed by atoms with E-state index in [2.05, 4.69) is 84.1 Å². The van der Waals surface area contributed by atoms with Crippen LogP contribution in [0.2, 0.25) is 0 Å². The Hall–Kier alpha value is -3.72. The number of hydrogen-bond acceptors (Lipinski definition) is 2. The van der Waals surface area contributed by atoms with Gasteiger partial charge in [0.15, 0.2) is 0 Å². The molecule has 0 aliphatic heterocycles. The molecule has 47 heavy (non-hydrogen) atoms. The molecule has 0 aliphatic carbocycles. The zero-order valence-electron chi connectivity index (χ0n) is 28.8. The Balaban J connectivity index is 0.000000419. The Morgan fingerprint density at radius 3 is 1.60 bits per heavy atom. The van der Waals surface area contributed by atoms with E-state index in [1.165, 1.54) is 16.8 Å². The summed E-state index contributed by atoms with van der Waals surface area (Å²) in [4.78, 5) is 0. The molecule has 2 N–H and O–H groups in total. The van der Waals surface area contributed by atoms with Gasteiger partial charge in [-0.15, -0.1) is 36.5 Å². The van der Waals surface area contributed by atoms with Gasteiger partial charge in [-0.05, 0) is 61.0 Å². The van der Waals surface area contributed by atoms with Crippen molar-refractivity contribution >= 4 is 5.69 Å². The van der Waals surface area contributed by atoms with E-state index in [4.69, 9.17) is 5.32 Å². The third-order valence-corrected chi connectivity index (χ3v) is 7.58. The van der Waals surface area contributed by atoms with Crippen LogP contribution >= 0.6 is 0 Å². The van der Waals surface area contributed by atoms with E-state index in [-0.39, 0.29) is 26.2 Å². The number of nitrogens with one attached hydrogen (secondary N) is 1. The number of benzene rings is 5. The number of nitrogens with zero attached hydrogens (tertiary/aromatic N) is 1. The summed E-state index contributed by atoms with van der Waals surface area (Å²) in [7, 11) is 0. The number of aromatic hydroxyl groups is 1. The van der Waals surface area contributed by atoms with Crippen LogP contribution in [0.3, 0.4) is 0 Å². The molecule has 242 valence electrons. The van der Waals surface area contributed by atoms with Crippen molar-refractivity contribution in [3.63, 3.8) is 0 Å². The molecule has 0 saturated heterocycles. The standard InChI is InChI=1S/C29H37N2O.2C7H7.Zr/c1-20(2)25-12-9-13-26(21(3)4)28(25)31-17-16-30-15-14-24-18-22(5)19-27(29(24)32)23-10-7-6-8-11-23;2*1-7-5-3-2-4-6-7;/h6-13,18-21,30,32H,14-17H2,1-5H3;2*2-6H,1H2;/q3*-1;+4. The smallest absolute Gasteiger partial charge is 0.683 e. The molecule has 5 aromatic rings. The third kappa shape index (κ3) is 13.5. The van der Waals surface area contributed by atoms with E-state index < -0.39 is 0 Å². The quantitative estimate of drug-likeness (QED) is 0.112. The van der Waals surface area contributed by atoms with Gasteiger partial charge in [-0.25, -0.2) is 0 Å². The van der Waals surface area contributed by atoms with Crippen molar-refractivity contribution in [3.8, 4) is 16.9 Å². The van der Waals surface area contributed by atoms with Crippen molar-refractivity contribution in [1.82, 2.24) is 5.32 Å². The topological polar surface area (TPSA) is 46.4 Å². The molecule has 0 saturated carbocycles. The summed E-state index contributed by atoms with van der Waals surface area (Å²) in [5, 5.41) is 19.3. The Bertz CT molecular complexity index is 1500. The summed E-state index contributed by atoms with van der Waals surface area (Å²) in [6, 6.07) is 40.5. The molecule has 0 unspecified atom stereocenters. The maximum atomic E-state index is 10.8. The summed E-state index contributed by atoms with van der Waals surface area (Å²) in [5.41, 5.74) is 10.1. The summed E-state index contributed by atoms with van der Waals surface area (Å²) in [6.45, 7) is 20.8. The van der Waals surface area contributed by atoms with Gasteiger partial charge >= 0.3 is 26.2 Å². The average molecular weight is 703 g/mol. The van der Waals surface area contributed by atoms with E-state index in [1.807, 2.05) is 91.0 Å². The zero-order chi connectivity index (χ0) is 33.3. The molecule has 3 nitrogen and oxygen atoms in total. The predicted octanol–water partition coefficient (Wildman–Crippen LogP) is 11.2. The zero-order valence-corrected chi connectivity index (χ0v) is 31.3. The first kappa shape index (κ1) is 39.5. The molecule has 4 heteroatoms. The van der Waals surface area contributed by atoms with Crippen molar-refractivity contribution in [2.24, 2.45) is 0 Å². The first-order chi connectivity index (χ1) is 22.2. The minimum Gasteiger partial charge on any atom is -0.683 e. The van der Waals surface area contributed by atoms with Crippen molar-refractivity contribution in [3.05, 3.63) is 174 Å². The fourth-order valence-electron chi connectivity index (χ4n) is 5.13. The van der Waals surface area contributed by atoms with Crippen LogP contribution in [0.25, 0.3) is 16.4 Å². The van der Waals surface area contributed by atoms with Crippen molar-refractivity contribution in [2.75, 3.05) is 19.6 Å². The second kappa shape index (κ2) is 21.2. The number of aryl methyl sites for hydroxylation is 1. The van der Waals surface area contributed by atoms with Gasteiger partial charge in [0.2, 0.25) is 0 Å². The summed E-state index contributed by atoms with van der Waals surface area (Å²) in [6.07, 6.45) is 0.785. The molecular formula is C43H51N2OZr+. The van der Waals surface area contributed by atoms with Gasteiger partial charge in [0.25, 0.3) is 0 Å². The summed E-state index contributed by atoms with van der Waals surface area (Å²) >= 11 is 0. The predicted molar refractivity (Wildman–Crippen MR) is 199 cm³/mol. The Morgan fingerprint density at radius 2 is 1.15 bits per heavy atom. The molecule has 0 aliphatic rings. The van der Waals surface area contributed by atoms with Crippen LogP contribution in [0.1, 0.15) is 72.9 Å². The van der Waals surface area contributed by atoms with Gasteiger partial charge in [-0.1, -0.05) is 106 Å². The van der Waals surface area contributed by atoms with Gasteiger partial charge in [0.1, 0.15) is 5.75 Å². The van der Waals surface area contributed by atoms with E-state index in [0.717, 1.165) is 59.4 Å². The van der Waals surface area contributed by atoms with Crippen LogP contribution in [-0.4, -0.2) is 24.7 Å². The maximum absolute atomic E-state index is 10.8. The summed E-state index contributed by atoms with van der Waals surface area (Å²) in [5.74, 6) is 1.31. The fraction of sp³-hybridized carbons (Fsp3) is 0.256. The van der Waals surface area contributed by atoms with E-state index in [1.54, 1.807) is 0 Å². The average Bonchev–Trinajstić information content (AvgIpc) is 3.05. The third-order valence-electron chi connectivity index (χ3n) is 7.58.